The lowest BCUT2D eigenvalue weighted by molar-refractivity contribution is -0.0220. The molecule has 0 aromatic carbocycles. The van der Waals surface area contributed by atoms with Gasteiger partial charge in [-0.2, -0.15) is 5.10 Å². The highest BCUT2D eigenvalue weighted by Crippen LogP contribution is 2.31. The van der Waals surface area contributed by atoms with Crippen LogP contribution in [0.15, 0.2) is 12.4 Å². The van der Waals surface area contributed by atoms with Gasteiger partial charge in [0.1, 0.15) is 0 Å². The topological polar surface area (TPSA) is 64.8 Å². The molecule has 7 heteroatoms. The summed E-state index contributed by atoms with van der Waals surface area (Å²) in [6, 6.07) is 0.378. The highest BCUT2D eigenvalue weighted by atomic mass is 16.3. The van der Waals surface area contributed by atoms with Gasteiger partial charge in [0.25, 0.3) is 0 Å². The average molecular weight is 347 g/mol. The van der Waals surface area contributed by atoms with Crippen LogP contribution in [0.4, 0.5) is 10.5 Å². The number of rotatable bonds is 4. The Hall–Kier alpha value is -1.60. The van der Waals surface area contributed by atoms with Crippen LogP contribution in [0.3, 0.4) is 0 Å². The number of likely N-dealkylation sites (N-methyl/N-ethyl adjacent to an activating group) is 1. The number of nitrogens with zero attached hydrogens (tertiary/aromatic N) is 5. The molecule has 0 spiro atoms. The second-order valence-electron chi connectivity index (χ2n) is 8.00. The molecule has 0 radical (unpaired) electrons. The molecule has 4 rings (SSSR count). The van der Waals surface area contributed by atoms with E-state index >= 15 is 0 Å². The minimum absolute atomic E-state index is 0.0483. The first-order chi connectivity index (χ1) is 12.0. The summed E-state index contributed by atoms with van der Waals surface area (Å²) < 4.78 is 2.01. The zero-order valence-corrected chi connectivity index (χ0v) is 15.1. The summed E-state index contributed by atoms with van der Waals surface area (Å²) >= 11 is 0. The smallest absolute Gasteiger partial charge is 0.324 e. The second-order valence-corrected chi connectivity index (χ2v) is 8.00. The van der Waals surface area contributed by atoms with Crippen LogP contribution < -0.4 is 4.90 Å². The van der Waals surface area contributed by atoms with Gasteiger partial charge in [0.2, 0.25) is 0 Å². The van der Waals surface area contributed by atoms with E-state index in [4.69, 9.17) is 0 Å². The Bertz CT molecular complexity index is 625. The highest BCUT2D eigenvalue weighted by molar-refractivity contribution is 5.93. The summed E-state index contributed by atoms with van der Waals surface area (Å²) in [5.74, 6) is 0. The van der Waals surface area contributed by atoms with E-state index < -0.39 is 5.60 Å². The maximum absolute atomic E-state index is 12.1. The Morgan fingerprint density at radius 3 is 2.76 bits per heavy atom. The van der Waals surface area contributed by atoms with Gasteiger partial charge in [0, 0.05) is 46.0 Å². The van der Waals surface area contributed by atoms with Crippen LogP contribution in [-0.2, 0) is 0 Å². The molecule has 3 heterocycles. The third-order valence-corrected chi connectivity index (χ3v) is 6.04. The summed E-state index contributed by atoms with van der Waals surface area (Å²) in [6.45, 7) is 4.21. The molecule has 1 N–H and O–H groups in total. The Morgan fingerprint density at radius 1 is 1.24 bits per heavy atom. The standard InChI is InChI=1S/C18H29N5O2/c1-20-9-10-22(17(20)24)16-11-19-23(13-16)15-5-8-21(12-15)14-18(25)6-3-2-4-7-18/h11,13,15,25H,2-10,12,14H2,1H3. The number of hydrogen-bond donors (Lipinski definition) is 1. The third-order valence-electron chi connectivity index (χ3n) is 6.04. The Kier molecular flexibility index (Phi) is 4.45. The summed E-state index contributed by atoms with van der Waals surface area (Å²) in [6.07, 6.45) is 10.3. The van der Waals surface area contributed by atoms with Crippen molar-refractivity contribution in [1.29, 1.82) is 0 Å². The molecule has 3 aliphatic rings. The van der Waals surface area contributed by atoms with E-state index in [0.717, 1.165) is 70.5 Å². The molecule has 138 valence electrons. The minimum atomic E-state index is -0.491. The van der Waals surface area contributed by atoms with Gasteiger partial charge >= 0.3 is 6.03 Å². The van der Waals surface area contributed by atoms with E-state index in [9.17, 15) is 9.90 Å². The van der Waals surface area contributed by atoms with Crippen molar-refractivity contribution in [2.24, 2.45) is 0 Å². The molecular formula is C18H29N5O2. The minimum Gasteiger partial charge on any atom is -0.389 e. The van der Waals surface area contributed by atoms with Crippen molar-refractivity contribution < 1.29 is 9.90 Å². The number of aromatic nitrogens is 2. The summed E-state index contributed by atoms with van der Waals surface area (Å²) in [5.41, 5.74) is 0.397. The molecule has 25 heavy (non-hydrogen) atoms. The fraction of sp³-hybridized carbons (Fsp3) is 0.778. The number of amides is 2. The van der Waals surface area contributed by atoms with Gasteiger partial charge in [-0.1, -0.05) is 19.3 Å². The van der Waals surface area contributed by atoms with Crippen LogP contribution in [-0.4, -0.2) is 76.1 Å². The van der Waals surface area contributed by atoms with E-state index in [-0.39, 0.29) is 6.03 Å². The number of carbonyl (C=O) groups is 1. The van der Waals surface area contributed by atoms with Crippen LogP contribution in [0.2, 0.25) is 0 Å². The van der Waals surface area contributed by atoms with E-state index in [1.54, 1.807) is 16.0 Å². The molecule has 1 aromatic heterocycles. The molecule has 2 saturated heterocycles. The fourth-order valence-electron chi connectivity index (χ4n) is 4.51. The van der Waals surface area contributed by atoms with Gasteiger partial charge in [0.15, 0.2) is 0 Å². The van der Waals surface area contributed by atoms with E-state index in [1.165, 1.54) is 6.42 Å². The Balaban J connectivity index is 1.37. The lowest BCUT2D eigenvalue weighted by Gasteiger charge is -2.35. The molecule has 7 nitrogen and oxygen atoms in total. The van der Waals surface area contributed by atoms with Crippen molar-refractivity contribution in [3.8, 4) is 0 Å². The van der Waals surface area contributed by atoms with Gasteiger partial charge in [-0.15, -0.1) is 0 Å². The average Bonchev–Trinajstić information content (AvgIpc) is 3.30. The van der Waals surface area contributed by atoms with E-state index in [1.807, 2.05) is 17.9 Å². The number of β-amino-alcohol motifs (C(OH)–C–C–N with tert-alkyl or cyclic N) is 1. The third kappa shape index (κ3) is 3.40. The predicted molar refractivity (Wildman–Crippen MR) is 95.7 cm³/mol. The monoisotopic (exact) mass is 347 g/mol. The molecule has 1 aliphatic carbocycles. The first-order valence-electron chi connectivity index (χ1n) is 9.56. The number of anilines is 1. The van der Waals surface area contributed by atoms with Crippen LogP contribution in [0.25, 0.3) is 0 Å². The van der Waals surface area contributed by atoms with Crippen LogP contribution >= 0.6 is 0 Å². The zero-order valence-electron chi connectivity index (χ0n) is 15.1. The summed E-state index contributed by atoms with van der Waals surface area (Å²) in [5, 5.41) is 15.3. The van der Waals surface area contributed by atoms with Crippen molar-refractivity contribution >= 4 is 11.7 Å². The number of urea groups is 1. The maximum Gasteiger partial charge on any atom is 0.324 e. The number of hydrogen-bond acceptors (Lipinski definition) is 4. The van der Waals surface area contributed by atoms with Gasteiger partial charge in [-0.05, 0) is 19.3 Å². The fourth-order valence-corrected chi connectivity index (χ4v) is 4.51. The van der Waals surface area contributed by atoms with Crippen molar-refractivity contribution in [3.63, 3.8) is 0 Å². The largest absolute Gasteiger partial charge is 0.389 e. The molecule has 3 fully saturated rings. The second kappa shape index (κ2) is 6.61. The highest BCUT2D eigenvalue weighted by Gasteiger charge is 2.35. The first-order valence-corrected chi connectivity index (χ1v) is 9.56. The van der Waals surface area contributed by atoms with E-state index in [0.29, 0.717) is 6.04 Å². The van der Waals surface area contributed by atoms with Gasteiger partial charge in [-0.25, -0.2) is 4.79 Å². The summed E-state index contributed by atoms with van der Waals surface area (Å²) in [7, 11) is 1.83. The van der Waals surface area contributed by atoms with Crippen LogP contribution in [0.5, 0.6) is 0 Å². The lowest BCUT2D eigenvalue weighted by atomic mass is 9.84. The van der Waals surface area contributed by atoms with Gasteiger partial charge in [-0.3, -0.25) is 14.5 Å². The molecule has 2 amide bonds. The molecular weight excluding hydrogens is 318 g/mol. The molecule has 1 saturated carbocycles. The molecule has 1 unspecified atom stereocenters. The number of aliphatic hydroxyl groups is 1. The zero-order chi connectivity index (χ0) is 17.4. The first kappa shape index (κ1) is 16.8. The van der Waals surface area contributed by atoms with Crippen molar-refractivity contribution in [2.75, 3.05) is 44.7 Å². The lowest BCUT2D eigenvalue weighted by Crippen LogP contribution is -2.43. The molecule has 1 aromatic rings. The summed E-state index contributed by atoms with van der Waals surface area (Å²) in [4.78, 5) is 18.0. The molecule has 1 atom stereocenters. The van der Waals surface area contributed by atoms with Crippen molar-refractivity contribution in [2.45, 2.75) is 50.2 Å². The molecule has 0 bridgehead atoms. The van der Waals surface area contributed by atoms with E-state index in [2.05, 4.69) is 10.00 Å². The van der Waals surface area contributed by atoms with Crippen LogP contribution in [0.1, 0.15) is 44.6 Å². The number of carbonyl (C=O) groups excluding carboxylic acids is 1. The van der Waals surface area contributed by atoms with Crippen molar-refractivity contribution in [3.05, 3.63) is 12.4 Å². The Labute approximate surface area is 149 Å². The van der Waals surface area contributed by atoms with Crippen LogP contribution in [0, 0.1) is 0 Å². The maximum atomic E-state index is 12.1. The van der Waals surface area contributed by atoms with Gasteiger partial charge in [0.05, 0.1) is 23.5 Å². The SMILES string of the molecule is CN1CCN(c2cnn(C3CCN(CC4(O)CCCCC4)C3)c2)C1=O. The predicted octanol–water partition coefficient (Wildman–Crippen LogP) is 1.70. The quantitative estimate of drug-likeness (QED) is 0.900. The van der Waals surface area contributed by atoms with Gasteiger partial charge < -0.3 is 10.0 Å². The Morgan fingerprint density at radius 2 is 2.04 bits per heavy atom. The number of likely N-dealkylation sites (tertiary alicyclic amines) is 1. The normalized spacial score (nSPS) is 27.4. The molecule has 2 aliphatic heterocycles. The van der Waals surface area contributed by atoms with Crippen molar-refractivity contribution in [1.82, 2.24) is 19.6 Å².